The van der Waals surface area contributed by atoms with Crippen molar-refractivity contribution in [3.05, 3.63) is 65.2 Å². The van der Waals surface area contributed by atoms with Gasteiger partial charge in [-0.3, -0.25) is 0 Å². The van der Waals surface area contributed by atoms with Gasteiger partial charge in [-0.15, -0.1) is 0 Å². The maximum atomic E-state index is 12.1. The number of esters is 1. The summed E-state index contributed by atoms with van der Waals surface area (Å²) >= 11 is 0. The van der Waals surface area contributed by atoms with E-state index in [4.69, 9.17) is 9.47 Å². The fraction of sp³-hybridized carbons (Fsp3) is 0.318. The van der Waals surface area contributed by atoms with Gasteiger partial charge in [0.2, 0.25) is 0 Å². The normalized spacial score (nSPS) is 13.7. The van der Waals surface area contributed by atoms with Gasteiger partial charge in [-0.1, -0.05) is 18.2 Å². The molecule has 0 saturated carbocycles. The van der Waals surface area contributed by atoms with Crippen molar-refractivity contribution in [1.29, 1.82) is 0 Å². The van der Waals surface area contributed by atoms with E-state index in [-0.39, 0.29) is 12.1 Å². The molecular formula is C22H24O3. The quantitative estimate of drug-likeness (QED) is 0.439. The minimum atomic E-state index is -0.369. The molecule has 3 heteroatoms. The Hall–Kier alpha value is -2.55. The summed E-state index contributed by atoms with van der Waals surface area (Å²) in [6.07, 6.45) is 7.96. The number of ether oxygens (including phenoxy) is 2. The van der Waals surface area contributed by atoms with Crippen molar-refractivity contribution in [2.75, 3.05) is 0 Å². The molecule has 0 aromatic heterocycles. The summed E-state index contributed by atoms with van der Waals surface area (Å²) in [5.41, 5.74) is 3.59. The van der Waals surface area contributed by atoms with Crippen LogP contribution < -0.4 is 9.47 Å². The molecule has 0 atom stereocenters. The van der Waals surface area contributed by atoms with E-state index in [0.717, 1.165) is 24.2 Å². The van der Waals surface area contributed by atoms with E-state index >= 15 is 0 Å². The SMILES string of the molecule is CC(C)Oc1cccc(/C=C/C(=O)Oc2ccc3c(c2)CCCC3)c1. The molecule has 130 valence electrons. The molecule has 25 heavy (non-hydrogen) atoms. The van der Waals surface area contributed by atoms with Gasteiger partial charge in [-0.2, -0.15) is 0 Å². The highest BCUT2D eigenvalue weighted by molar-refractivity contribution is 5.88. The Balaban J connectivity index is 1.63. The van der Waals surface area contributed by atoms with Crippen LogP contribution in [0.25, 0.3) is 6.08 Å². The third-order valence-corrected chi connectivity index (χ3v) is 4.18. The maximum Gasteiger partial charge on any atom is 0.336 e. The van der Waals surface area contributed by atoms with Crippen LogP contribution in [-0.2, 0) is 17.6 Å². The number of hydrogen-bond donors (Lipinski definition) is 0. The Morgan fingerprint density at radius 3 is 2.60 bits per heavy atom. The van der Waals surface area contributed by atoms with Crippen LogP contribution in [0.3, 0.4) is 0 Å². The number of hydrogen-bond acceptors (Lipinski definition) is 3. The standard InChI is InChI=1S/C22H24O3/c1-16(2)24-20-9-5-6-17(14-20)10-13-22(23)25-21-12-11-18-7-3-4-8-19(18)15-21/h5-6,9-16H,3-4,7-8H2,1-2H3/b13-10+. The molecule has 0 fully saturated rings. The third-order valence-electron chi connectivity index (χ3n) is 4.18. The summed E-state index contributed by atoms with van der Waals surface area (Å²) in [5, 5.41) is 0. The number of carbonyl (C=O) groups excluding carboxylic acids is 1. The lowest BCUT2D eigenvalue weighted by Gasteiger charge is -2.16. The Kier molecular flexibility index (Phi) is 5.54. The molecule has 0 amide bonds. The highest BCUT2D eigenvalue weighted by atomic mass is 16.5. The third kappa shape index (κ3) is 4.96. The van der Waals surface area contributed by atoms with Gasteiger partial charge < -0.3 is 9.47 Å². The van der Waals surface area contributed by atoms with Crippen molar-refractivity contribution in [3.63, 3.8) is 0 Å². The number of benzene rings is 2. The first-order chi connectivity index (χ1) is 12.1. The van der Waals surface area contributed by atoms with Crippen molar-refractivity contribution < 1.29 is 14.3 Å². The van der Waals surface area contributed by atoms with E-state index < -0.39 is 0 Å². The molecule has 0 heterocycles. The van der Waals surface area contributed by atoms with Crippen molar-refractivity contribution >= 4 is 12.0 Å². The van der Waals surface area contributed by atoms with Crippen LogP contribution >= 0.6 is 0 Å². The zero-order valence-corrected chi connectivity index (χ0v) is 14.8. The topological polar surface area (TPSA) is 35.5 Å². The summed E-state index contributed by atoms with van der Waals surface area (Å²) in [6, 6.07) is 13.6. The van der Waals surface area contributed by atoms with Crippen LogP contribution in [0.1, 0.15) is 43.4 Å². The largest absolute Gasteiger partial charge is 0.491 e. The van der Waals surface area contributed by atoms with Gasteiger partial charge in [0.1, 0.15) is 11.5 Å². The average molecular weight is 336 g/mol. The van der Waals surface area contributed by atoms with Crippen molar-refractivity contribution in [3.8, 4) is 11.5 Å². The van der Waals surface area contributed by atoms with Crippen molar-refractivity contribution in [2.45, 2.75) is 45.6 Å². The minimum absolute atomic E-state index is 0.119. The molecule has 0 spiro atoms. The molecule has 0 bridgehead atoms. The summed E-state index contributed by atoms with van der Waals surface area (Å²) in [6.45, 7) is 3.97. The average Bonchev–Trinajstić information content (AvgIpc) is 2.60. The highest BCUT2D eigenvalue weighted by Gasteiger charge is 2.11. The highest BCUT2D eigenvalue weighted by Crippen LogP contribution is 2.25. The number of rotatable bonds is 5. The monoisotopic (exact) mass is 336 g/mol. The van der Waals surface area contributed by atoms with Crippen molar-refractivity contribution in [2.24, 2.45) is 0 Å². The summed E-state index contributed by atoms with van der Waals surface area (Å²) < 4.78 is 11.1. The van der Waals surface area contributed by atoms with Gasteiger partial charge >= 0.3 is 5.97 Å². The second kappa shape index (κ2) is 8.02. The van der Waals surface area contributed by atoms with Crippen LogP contribution in [0, 0.1) is 0 Å². The zero-order valence-electron chi connectivity index (χ0n) is 14.8. The first kappa shape index (κ1) is 17.3. The van der Waals surface area contributed by atoms with Gasteiger partial charge in [-0.05, 0) is 86.6 Å². The predicted octanol–water partition coefficient (Wildman–Crippen LogP) is 4.97. The Morgan fingerprint density at radius 1 is 1.00 bits per heavy atom. The lowest BCUT2D eigenvalue weighted by Crippen LogP contribution is -2.07. The molecule has 1 aliphatic carbocycles. The van der Waals surface area contributed by atoms with Gasteiger partial charge in [0.05, 0.1) is 6.10 Å². The van der Waals surface area contributed by atoms with E-state index in [1.165, 1.54) is 30.0 Å². The molecule has 2 aromatic carbocycles. The fourth-order valence-corrected chi connectivity index (χ4v) is 3.05. The van der Waals surface area contributed by atoms with Crippen molar-refractivity contribution in [1.82, 2.24) is 0 Å². The number of fused-ring (bicyclic) bond motifs is 1. The molecule has 0 aliphatic heterocycles. The van der Waals surface area contributed by atoms with Gasteiger partial charge in [-0.25, -0.2) is 4.79 Å². The summed E-state index contributed by atoms with van der Waals surface area (Å²) in [5.74, 6) is 1.04. The summed E-state index contributed by atoms with van der Waals surface area (Å²) in [4.78, 5) is 12.1. The number of aryl methyl sites for hydroxylation is 2. The Labute approximate surface area is 149 Å². The lowest BCUT2D eigenvalue weighted by atomic mass is 9.92. The molecule has 1 aliphatic rings. The Morgan fingerprint density at radius 2 is 1.80 bits per heavy atom. The smallest absolute Gasteiger partial charge is 0.336 e. The number of carbonyl (C=O) groups is 1. The fourth-order valence-electron chi connectivity index (χ4n) is 3.05. The maximum absolute atomic E-state index is 12.1. The van der Waals surface area contributed by atoms with Crippen LogP contribution in [0.15, 0.2) is 48.5 Å². The Bertz CT molecular complexity index is 775. The first-order valence-corrected chi connectivity index (χ1v) is 8.88. The van der Waals surface area contributed by atoms with E-state index in [0.29, 0.717) is 5.75 Å². The molecule has 0 N–H and O–H groups in total. The second-order valence-corrected chi connectivity index (χ2v) is 6.63. The van der Waals surface area contributed by atoms with E-state index in [1.54, 1.807) is 6.08 Å². The van der Waals surface area contributed by atoms with E-state index in [2.05, 4.69) is 6.07 Å². The second-order valence-electron chi connectivity index (χ2n) is 6.63. The van der Waals surface area contributed by atoms with Crippen LogP contribution in [0.2, 0.25) is 0 Å². The molecular weight excluding hydrogens is 312 g/mol. The van der Waals surface area contributed by atoms with Crippen LogP contribution in [-0.4, -0.2) is 12.1 Å². The van der Waals surface area contributed by atoms with Gasteiger partial charge in [0.25, 0.3) is 0 Å². The molecule has 3 nitrogen and oxygen atoms in total. The minimum Gasteiger partial charge on any atom is -0.491 e. The molecule has 0 saturated heterocycles. The lowest BCUT2D eigenvalue weighted by molar-refractivity contribution is -0.128. The molecule has 2 aromatic rings. The summed E-state index contributed by atoms with van der Waals surface area (Å²) in [7, 11) is 0. The van der Waals surface area contributed by atoms with Crippen LogP contribution in [0.5, 0.6) is 11.5 Å². The molecule has 0 unspecified atom stereocenters. The van der Waals surface area contributed by atoms with E-state index in [9.17, 15) is 4.79 Å². The first-order valence-electron chi connectivity index (χ1n) is 8.88. The van der Waals surface area contributed by atoms with Crippen LogP contribution in [0.4, 0.5) is 0 Å². The predicted molar refractivity (Wildman–Crippen MR) is 100.0 cm³/mol. The van der Waals surface area contributed by atoms with Gasteiger partial charge in [0, 0.05) is 6.08 Å². The molecule has 0 radical (unpaired) electrons. The zero-order chi connectivity index (χ0) is 17.6. The molecule has 3 rings (SSSR count). The van der Waals surface area contributed by atoms with Gasteiger partial charge in [0.15, 0.2) is 0 Å². The van der Waals surface area contributed by atoms with E-state index in [1.807, 2.05) is 50.2 Å².